The Labute approximate surface area is 104 Å². The third-order valence-corrected chi connectivity index (χ3v) is 3.61. The van der Waals surface area contributed by atoms with Crippen LogP contribution in [0.1, 0.15) is 12.8 Å². The van der Waals surface area contributed by atoms with Gasteiger partial charge < -0.3 is 10.2 Å². The third-order valence-electron chi connectivity index (χ3n) is 3.17. The molecule has 6 nitrogen and oxygen atoms in total. The average Bonchev–Trinajstić information content (AvgIpc) is 3.10. The molecule has 2 rings (SSSR count). The molecule has 1 aliphatic heterocycles. The zero-order valence-corrected chi connectivity index (χ0v) is 10.1. The molecule has 1 saturated heterocycles. The molecule has 0 aromatic heterocycles. The van der Waals surface area contributed by atoms with Gasteiger partial charge in [0.15, 0.2) is 5.11 Å². The van der Waals surface area contributed by atoms with Crippen LogP contribution in [0.4, 0.5) is 0 Å². The number of β-amino-alcohol motifs (C(OH)–C–C–N with tert-alkyl or cyclic N) is 2. The molecular weight excluding hydrogens is 244 g/mol. The van der Waals surface area contributed by atoms with Crippen molar-refractivity contribution in [1.82, 2.24) is 9.80 Å². The van der Waals surface area contributed by atoms with Gasteiger partial charge in [0, 0.05) is 0 Å². The predicted molar refractivity (Wildman–Crippen MR) is 61.9 cm³/mol. The van der Waals surface area contributed by atoms with Crippen molar-refractivity contribution in [2.75, 3.05) is 26.3 Å². The van der Waals surface area contributed by atoms with Gasteiger partial charge in [-0.3, -0.25) is 19.4 Å². The van der Waals surface area contributed by atoms with E-state index in [4.69, 9.17) is 22.4 Å². The summed E-state index contributed by atoms with van der Waals surface area (Å²) in [6, 6.07) is 0. The van der Waals surface area contributed by atoms with Crippen molar-refractivity contribution >= 4 is 29.1 Å². The first-order chi connectivity index (χ1) is 8.08. The number of amides is 2. The molecule has 2 amide bonds. The largest absolute Gasteiger partial charge is 0.395 e. The second kappa shape index (κ2) is 4.32. The van der Waals surface area contributed by atoms with Crippen molar-refractivity contribution in [2.24, 2.45) is 5.41 Å². The zero-order chi connectivity index (χ0) is 12.6. The molecular formula is C10H14N2O4S. The average molecular weight is 258 g/mol. The van der Waals surface area contributed by atoms with E-state index in [2.05, 4.69) is 0 Å². The molecule has 94 valence electrons. The zero-order valence-electron chi connectivity index (χ0n) is 9.26. The number of hydrogen-bond acceptors (Lipinski definition) is 5. The lowest BCUT2D eigenvalue weighted by Gasteiger charge is -2.39. The SMILES string of the molecule is O=C1N(CCO)C(=S)N(CCO)C(=O)C12CC2. The monoisotopic (exact) mass is 258 g/mol. The molecule has 0 atom stereocenters. The number of hydrogen-bond donors (Lipinski definition) is 2. The van der Waals surface area contributed by atoms with Crippen LogP contribution in [-0.4, -0.2) is 63.2 Å². The molecule has 2 fully saturated rings. The van der Waals surface area contributed by atoms with E-state index in [0.717, 1.165) is 0 Å². The van der Waals surface area contributed by atoms with Crippen molar-refractivity contribution in [3.8, 4) is 0 Å². The Morgan fingerprint density at radius 1 is 1.06 bits per heavy atom. The lowest BCUT2D eigenvalue weighted by molar-refractivity contribution is -0.149. The summed E-state index contributed by atoms with van der Waals surface area (Å²) in [5.74, 6) is -0.619. The van der Waals surface area contributed by atoms with Crippen LogP contribution in [0.25, 0.3) is 0 Å². The summed E-state index contributed by atoms with van der Waals surface area (Å²) in [7, 11) is 0. The molecule has 0 radical (unpaired) electrons. The summed E-state index contributed by atoms with van der Waals surface area (Å²) in [6.45, 7) is -0.227. The molecule has 0 bridgehead atoms. The molecule has 0 aromatic carbocycles. The van der Waals surface area contributed by atoms with E-state index >= 15 is 0 Å². The Morgan fingerprint density at radius 3 is 1.76 bits per heavy atom. The van der Waals surface area contributed by atoms with Gasteiger partial charge >= 0.3 is 0 Å². The number of nitrogens with zero attached hydrogens (tertiary/aromatic N) is 2. The standard InChI is InChI=1S/C10H14N2O4S/c13-5-3-11-7(15)10(1-2-10)8(16)12(4-6-14)9(11)17/h13-14H,1-6H2. The lowest BCUT2D eigenvalue weighted by atomic mass is 10.0. The molecule has 1 spiro atoms. The van der Waals surface area contributed by atoms with Crippen LogP contribution in [-0.2, 0) is 9.59 Å². The van der Waals surface area contributed by atoms with Crippen LogP contribution in [0.2, 0.25) is 0 Å². The van der Waals surface area contributed by atoms with E-state index in [-0.39, 0.29) is 43.2 Å². The normalized spacial score (nSPS) is 22.6. The minimum Gasteiger partial charge on any atom is -0.395 e. The highest BCUT2D eigenvalue weighted by Crippen LogP contribution is 2.50. The molecule has 1 aliphatic carbocycles. The van der Waals surface area contributed by atoms with Gasteiger partial charge in [0.1, 0.15) is 5.41 Å². The number of rotatable bonds is 4. The number of aliphatic hydroxyl groups excluding tert-OH is 2. The van der Waals surface area contributed by atoms with Crippen LogP contribution < -0.4 is 0 Å². The summed E-state index contributed by atoms with van der Waals surface area (Å²) >= 11 is 5.05. The first-order valence-corrected chi connectivity index (χ1v) is 5.89. The Hall–Kier alpha value is -1.05. The Bertz CT molecular complexity index is 351. The molecule has 7 heteroatoms. The lowest BCUT2D eigenvalue weighted by Crippen LogP contribution is -2.61. The van der Waals surface area contributed by atoms with E-state index in [9.17, 15) is 9.59 Å². The van der Waals surface area contributed by atoms with Gasteiger partial charge in [-0.2, -0.15) is 0 Å². The van der Waals surface area contributed by atoms with Crippen molar-refractivity contribution in [3.63, 3.8) is 0 Å². The maximum Gasteiger partial charge on any atom is 0.244 e. The fourth-order valence-electron chi connectivity index (χ4n) is 2.07. The summed E-state index contributed by atoms with van der Waals surface area (Å²) in [5, 5.41) is 17.9. The molecule has 2 N–H and O–H groups in total. The first kappa shape index (κ1) is 12.4. The van der Waals surface area contributed by atoms with Crippen molar-refractivity contribution in [3.05, 3.63) is 0 Å². The van der Waals surface area contributed by atoms with Gasteiger partial charge in [0.25, 0.3) is 0 Å². The van der Waals surface area contributed by atoms with E-state index in [1.807, 2.05) is 0 Å². The topological polar surface area (TPSA) is 81.1 Å². The van der Waals surface area contributed by atoms with Gasteiger partial charge in [0.05, 0.1) is 26.3 Å². The van der Waals surface area contributed by atoms with Gasteiger partial charge in [-0.1, -0.05) is 0 Å². The van der Waals surface area contributed by atoms with Crippen LogP contribution >= 0.6 is 12.2 Å². The molecule has 0 aromatic rings. The van der Waals surface area contributed by atoms with E-state index < -0.39 is 5.41 Å². The molecule has 1 saturated carbocycles. The Morgan fingerprint density at radius 2 is 1.47 bits per heavy atom. The Balaban J connectivity index is 2.28. The predicted octanol–water partition coefficient (Wildman–Crippen LogP) is -1.29. The van der Waals surface area contributed by atoms with Crippen molar-refractivity contribution in [2.45, 2.75) is 12.8 Å². The van der Waals surface area contributed by atoms with E-state index in [1.165, 1.54) is 9.80 Å². The third kappa shape index (κ3) is 1.74. The van der Waals surface area contributed by atoms with Crippen LogP contribution in [0.15, 0.2) is 0 Å². The van der Waals surface area contributed by atoms with Gasteiger partial charge in [0.2, 0.25) is 11.8 Å². The fourth-order valence-corrected chi connectivity index (χ4v) is 2.42. The number of carbonyl (C=O) groups is 2. The number of carbonyl (C=O) groups excluding carboxylic acids is 2. The summed E-state index contributed by atoms with van der Waals surface area (Å²) in [4.78, 5) is 26.7. The van der Waals surface area contributed by atoms with E-state index in [0.29, 0.717) is 12.8 Å². The maximum absolute atomic E-state index is 12.1. The first-order valence-electron chi connectivity index (χ1n) is 5.48. The quantitative estimate of drug-likeness (QED) is 0.484. The smallest absolute Gasteiger partial charge is 0.244 e. The fraction of sp³-hybridized carbons (Fsp3) is 0.700. The van der Waals surface area contributed by atoms with Crippen LogP contribution in [0.3, 0.4) is 0 Å². The van der Waals surface area contributed by atoms with Crippen molar-refractivity contribution < 1.29 is 19.8 Å². The molecule has 1 heterocycles. The highest BCUT2D eigenvalue weighted by atomic mass is 32.1. The highest BCUT2D eigenvalue weighted by molar-refractivity contribution is 7.80. The van der Waals surface area contributed by atoms with E-state index in [1.54, 1.807) is 0 Å². The minimum absolute atomic E-state index is 0.0839. The van der Waals surface area contributed by atoms with Gasteiger partial charge in [-0.15, -0.1) is 0 Å². The second-order valence-corrected chi connectivity index (χ2v) is 4.59. The Kier molecular flexibility index (Phi) is 3.15. The summed E-state index contributed by atoms with van der Waals surface area (Å²) < 4.78 is 0. The van der Waals surface area contributed by atoms with Gasteiger partial charge in [-0.25, -0.2) is 0 Å². The second-order valence-electron chi connectivity index (χ2n) is 4.23. The molecule has 17 heavy (non-hydrogen) atoms. The molecule has 0 unspecified atom stereocenters. The van der Waals surface area contributed by atoms with Crippen molar-refractivity contribution in [1.29, 1.82) is 0 Å². The molecule has 2 aliphatic rings. The number of thiocarbonyl (C=S) groups is 1. The van der Waals surface area contributed by atoms with Crippen LogP contribution in [0, 0.1) is 5.41 Å². The van der Waals surface area contributed by atoms with Gasteiger partial charge in [-0.05, 0) is 25.1 Å². The van der Waals surface area contributed by atoms with Crippen LogP contribution in [0.5, 0.6) is 0 Å². The minimum atomic E-state index is -0.966. The summed E-state index contributed by atoms with van der Waals surface area (Å²) in [6.07, 6.45) is 1.05. The number of aliphatic hydroxyl groups is 2. The highest BCUT2D eigenvalue weighted by Gasteiger charge is 2.63. The summed E-state index contributed by atoms with van der Waals surface area (Å²) in [5.41, 5.74) is -0.966. The maximum atomic E-state index is 12.1.